The molecule has 0 fully saturated rings. The normalized spacial score (nSPS) is 12.0. The molecule has 1 amide bonds. The van der Waals surface area contributed by atoms with Crippen LogP contribution in [0.4, 0.5) is 0 Å². The third kappa shape index (κ3) is 4.90. The number of amides is 1. The molecule has 0 unspecified atom stereocenters. The lowest BCUT2D eigenvalue weighted by Gasteiger charge is -2.10. The van der Waals surface area contributed by atoms with Gasteiger partial charge in [0.25, 0.3) is 5.22 Å². The number of nitrogens with one attached hydrogen (secondary N) is 1. The van der Waals surface area contributed by atoms with Crippen LogP contribution >= 0.6 is 23.4 Å². The monoisotopic (exact) mass is 401 g/mol. The second-order valence-electron chi connectivity index (χ2n) is 6.24. The van der Waals surface area contributed by atoms with E-state index in [-0.39, 0.29) is 11.2 Å². The van der Waals surface area contributed by atoms with Crippen LogP contribution in [0.1, 0.15) is 23.6 Å². The number of rotatable bonds is 6. The molecule has 1 atom stereocenters. The van der Waals surface area contributed by atoms with Gasteiger partial charge in [0.1, 0.15) is 0 Å². The average molecular weight is 402 g/mol. The van der Waals surface area contributed by atoms with E-state index in [2.05, 4.69) is 22.4 Å². The summed E-state index contributed by atoms with van der Waals surface area (Å²) >= 11 is 7.34. The summed E-state index contributed by atoms with van der Waals surface area (Å²) in [6, 6.07) is 13.4. The molecule has 1 N–H and O–H groups in total. The fourth-order valence-corrected chi connectivity index (χ4v) is 3.33. The van der Waals surface area contributed by atoms with Crippen LogP contribution in [0.2, 0.25) is 5.02 Å². The molecular weight excluding hydrogens is 382 g/mol. The Labute approximate surface area is 167 Å². The Morgan fingerprint density at radius 3 is 2.70 bits per heavy atom. The molecular formula is C20H20ClN3O2S. The van der Waals surface area contributed by atoms with Gasteiger partial charge in [-0.15, -0.1) is 10.2 Å². The summed E-state index contributed by atoms with van der Waals surface area (Å²) in [6.07, 6.45) is 0. The van der Waals surface area contributed by atoms with Crippen molar-refractivity contribution in [2.24, 2.45) is 0 Å². The van der Waals surface area contributed by atoms with E-state index in [0.717, 1.165) is 16.7 Å². The maximum atomic E-state index is 12.3. The van der Waals surface area contributed by atoms with Gasteiger partial charge in [-0.3, -0.25) is 4.79 Å². The first-order valence-electron chi connectivity index (χ1n) is 8.53. The van der Waals surface area contributed by atoms with Crippen LogP contribution in [0.5, 0.6) is 0 Å². The molecule has 3 aromatic rings. The molecule has 3 rings (SSSR count). The molecule has 5 nitrogen and oxygen atoms in total. The Bertz CT molecular complexity index is 958. The van der Waals surface area contributed by atoms with Gasteiger partial charge in [0.2, 0.25) is 11.8 Å². The molecule has 0 radical (unpaired) electrons. The number of thioether (sulfide) groups is 1. The lowest BCUT2D eigenvalue weighted by Crippen LogP contribution is -2.30. The molecule has 0 bridgehead atoms. The molecule has 0 saturated heterocycles. The lowest BCUT2D eigenvalue weighted by molar-refractivity contribution is -0.120. The van der Waals surface area contributed by atoms with Gasteiger partial charge in [-0.25, -0.2) is 0 Å². The van der Waals surface area contributed by atoms with Crippen LogP contribution in [0.25, 0.3) is 11.5 Å². The number of carbonyl (C=O) groups is 1. The van der Waals surface area contributed by atoms with E-state index in [1.807, 2.05) is 43.3 Å². The Morgan fingerprint density at radius 2 is 1.96 bits per heavy atom. The molecule has 2 aromatic carbocycles. The summed E-state index contributed by atoms with van der Waals surface area (Å²) in [4.78, 5) is 12.3. The summed E-state index contributed by atoms with van der Waals surface area (Å²) in [6.45, 7) is 6.26. The van der Waals surface area contributed by atoms with Crippen LogP contribution in [-0.2, 0) is 11.3 Å². The van der Waals surface area contributed by atoms with Crippen LogP contribution < -0.4 is 5.32 Å². The Kier molecular flexibility index (Phi) is 6.19. The highest BCUT2D eigenvalue weighted by atomic mass is 35.5. The highest BCUT2D eigenvalue weighted by molar-refractivity contribution is 8.00. The third-order valence-electron chi connectivity index (χ3n) is 4.22. The summed E-state index contributed by atoms with van der Waals surface area (Å²) in [7, 11) is 0. The standard InChI is InChI=1S/C20H20ClN3O2S/c1-12-8-9-15(10-13(12)2)19-23-24-20(26-19)27-14(3)18(25)22-11-16-6-4-5-7-17(16)21/h4-10,14H,11H2,1-3H3,(H,22,25)/t14-/m0/s1. The van der Waals surface area contributed by atoms with Gasteiger partial charge in [0, 0.05) is 17.1 Å². The van der Waals surface area contributed by atoms with Crippen molar-refractivity contribution in [3.63, 3.8) is 0 Å². The maximum absolute atomic E-state index is 12.3. The first-order valence-corrected chi connectivity index (χ1v) is 9.78. The number of hydrogen-bond acceptors (Lipinski definition) is 5. The van der Waals surface area contributed by atoms with Gasteiger partial charge in [0.15, 0.2) is 0 Å². The summed E-state index contributed by atoms with van der Waals surface area (Å²) in [5, 5.41) is 11.6. The van der Waals surface area contributed by atoms with E-state index in [0.29, 0.717) is 22.7 Å². The van der Waals surface area contributed by atoms with Crippen molar-refractivity contribution in [1.82, 2.24) is 15.5 Å². The van der Waals surface area contributed by atoms with Gasteiger partial charge < -0.3 is 9.73 Å². The summed E-state index contributed by atoms with van der Waals surface area (Å²) < 4.78 is 5.71. The van der Waals surface area contributed by atoms with Crippen LogP contribution in [-0.4, -0.2) is 21.4 Å². The second kappa shape index (κ2) is 8.59. The third-order valence-corrected chi connectivity index (χ3v) is 5.52. The van der Waals surface area contributed by atoms with Gasteiger partial charge >= 0.3 is 0 Å². The Balaban J connectivity index is 1.60. The maximum Gasteiger partial charge on any atom is 0.277 e. The molecule has 140 valence electrons. The van der Waals surface area contributed by atoms with Gasteiger partial charge in [-0.05, 0) is 55.7 Å². The minimum absolute atomic E-state index is 0.120. The number of hydrogen-bond donors (Lipinski definition) is 1. The van der Waals surface area contributed by atoms with Crippen molar-refractivity contribution in [3.8, 4) is 11.5 Å². The minimum atomic E-state index is -0.374. The number of nitrogens with zero attached hydrogens (tertiary/aromatic N) is 2. The quantitative estimate of drug-likeness (QED) is 0.600. The number of halogens is 1. The largest absolute Gasteiger partial charge is 0.411 e. The van der Waals surface area contributed by atoms with E-state index in [1.165, 1.54) is 17.3 Å². The van der Waals surface area contributed by atoms with Gasteiger partial charge in [-0.2, -0.15) is 0 Å². The van der Waals surface area contributed by atoms with Crippen LogP contribution in [0.15, 0.2) is 52.1 Å². The van der Waals surface area contributed by atoms with E-state index in [9.17, 15) is 4.79 Å². The topological polar surface area (TPSA) is 68.0 Å². The zero-order chi connectivity index (χ0) is 19.4. The van der Waals surface area contributed by atoms with Crippen LogP contribution in [0, 0.1) is 13.8 Å². The molecule has 0 spiro atoms. The molecule has 0 aliphatic carbocycles. The molecule has 27 heavy (non-hydrogen) atoms. The predicted octanol–water partition coefficient (Wildman–Crippen LogP) is 4.80. The minimum Gasteiger partial charge on any atom is -0.411 e. The van der Waals surface area contributed by atoms with E-state index in [1.54, 1.807) is 13.0 Å². The van der Waals surface area contributed by atoms with E-state index >= 15 is 0 Å². The zero-order valence-electron chi connectivity index (χ0n) is 15.3. The van der Waals surface area contributed by atoms with Crippen molar-refractivity contribution < 1.29 is 9.21 Å². The molecule has 1 heterocycles. The molecule has 1 aromatic heterocycles. The number of aromatic nitrogens is 2. The highest BCUT2D eigenvalue weighted by Gasteiger charge is 2.19. The smallest absolute Gasteiger partial charge is 0.277 e. The average Bonchev–Trinajstić information content (AvgIpc) is 3.11. The van der Waals surface area contributed by atoms with Crippen LogP contribution in [0.3, 0.4) is 0 Å². The number of carbonyl (C=O) groups excluding carboxylic acids is 1. The Hall–Kier alpha value is -2.31. The molecule has 7 heteroatoms. The molecule has 0 aliphatic heterocycles. The lowest BCUT2D eigenvalue weighted by atomic mass is 10.1. The second-order valence-corrected chi connectivity index (χ2v) is 7.94. The fraction of sp³-hybridized carbons (Fsp3) is 0.250. The van der Waals surface area contributed by atoms with Crippen molar-refractivity contribution in [2.45, 2.75) is 37.8 Å². The highest BCUT2D eigenvalue weighted by Crippen LogP contribution is 2.27. The van der Waals surface area contributed by atoms with Crippen molar-refractivity contribution >= 4 is 29.3 Å². The number of benzene rings is 2. The first kappa shape index (κ1) is 19.5. The fourth-order valence-electron chi connectivity index (χ4n) is 2.42. The SMILES string of the molecule is Cc1ccc(-c2nnc(S[C@@H](C)C(=O)NCc3ccccc3Cl)o2)cc1C. The Morgan fingerprint density at radius 1 is 1.19 bits per heavy atom. The number of aryl methyl sites for hydroxylation is 2. The summed E-state index contributed by atoms with van der Waals surface area (Å²) in [5.41, 5.74) is 4.11. The molecule has 0 saturated carbocycles. The van der Waals surface area contributed by atoms with Crippen molar-refractivity contribution in [1.29, 1.82) is 0 Å². The zero-order valence-corrected chi connectivity index (χ0v) is 16.9. The summed E-state index contributed by atoms with van der Waals surface area (Å²) in [5.74, 6) is 0.329. The van der Waals surface area contributed by atoms with Gasteiger partial charge in [0.05, 0.1) is 5.25 Å². The van der Waals surface area contributed by atoms with E-state index in [4.69, 9.17) is 16.0 Å². The predicted molar refractivity (Wildman–Crippen MR) is 108 cm³/mol. The van der Waals surface area contributed by atoms with Crippen molar-refractivity contribution in [3.05, 3.63) is 64.2 Å². The van der Waals surface area contributed by atoms with E-state index < -0.39 is 0 Å². The van der Waals surface area contributed by atoms with Gasteiger partial charge in [-0.1, -0.05) is 47.6 Å². The molecule has 0 aliphatic rings. The van der Waals surface area contributed by atoms with Crippen molar-refractivity contribution in [2.75, 3.05) is 0 Å². The first-order chi connectivity index (χ1) is 12.9.